The van der Waals surface area contributed by atoms with Crippen LogP contribution in [0.3, 0.4) is 0 Å². The van der Waals surface area contributed by atoms with Crippen molar-refractivity contribution in [2.24, 2.45) is 13.0 Å². The summed E-state index contributed by atoms with van der Waals surface area (Å²) in [5.41, 5.74) is 0.122. The number of aryl methyl sites for hydroxylation is 1. The molecular formula is C19H20FN5O2. The van der Waals surface area contributed by atoms with Gasteiger partial charge in [-0.1, -0.05) is 0 Å². The third kappa shape index (κ3) is 3.34. The SMILES string of the molecule is Cn1ccnc(N2CCC(Cn3cnc4cc(F)ccc4c3=O)CC2)c1=O. The minimum absolute atomic E-state index is 0.0990. The van der Waals surface area contributed by atoms with Gasteiger partial charge >= 0.3 is 0 Å². The Morgan fingerprint density at radius 3 is 2.70 bits per heavy atom. The van der Waals surface area contributed by atoms with Gasteiger partial charge < -0.3 is 9.47 Å². The van der Waals surface area contributed by atoms with E-state index < -0.39 is 5.82 Å². The minimum Gasteiger partial charge on any atom is -0.352 e. The van der Waals surface area contributed by atoms with Crippen LogP contribution in [0.25, 0.3) is 10.9 Å². The molecule has 2 aromatic heterocycles. The molecular weight excluding hydrogens is 349 g/mol. The lowest BCUT2D eigenvalue weighted by atomic mass is 9.96. The molecule has 1 aromatic carbocycles. The fourth-order valence-electron chi connectivity index (χ4n) is 3.57. The van der Waals surface area contributed by atoms with Crippen LogP contribution in [0.5, 0.6) is 0 Å². The molecule has 0 bridgehead atoms. The van der Waals surface area contributed by atoms with Crippen molar-refractivity contribution in [1.82, 2.24) is 19.1 Å². The molecule has 0 radical (unpaired) electrons. The molecule has 0 spiro atoms. The second kappa shape index (κ2) is 6.94. The minimum atomic E-state index is -0.403. The number of aromatic nitrogens is 4. The predicted molar refractivity (Wildman–Crippen MR) is 100 cm³/mol. The summed E-state index contributed by atoms with van der Waals surface area (Å²) >= 11 is 0. The van der Waals surface area contributed by atoms with Gasteiger partial charge in [0.1, 0.15) is 5.82 Å². The van der Waals surface area contributed by atoms with E-state index in [1.54, 1.807) is 24.0 Å². The van der Waals surface area contributed by atoms with Crippen LogP contribution in [0.1, 0.15) is 12.8 Å². The number of hydrogen-bond donors (Lipinski definition) is 0. The van der Waals surface area contributed by atoms with Crippen LogP contribution in [0.2, 0.25) is 0 Å². The highest BCUT2D eigenvalue weighted by Gasteiger charge is 2.23. The molecule has 8 heteroatoms. The average Bonchev–Trinajstić information content (AvgIpc) is 2.67. The first-order chi connectivity index (χ1) is 13.0. The number of rotatable bonds is 3. The van der Waals surface area contributed by atoms with Crippen molar-refractivity contribution < 1.29 is 4.39 Å². The van der Waals surface area contributed by atoms with Gasteiger partial charge in [0.15, 0.2) is 5.82 Å². The molecule has 0 saturated carbocycles. The van der Waals surface area contributed by atoms with E-state index in [-0.39, 0.29) is 11.1 Å². The quantitative estimate of drug-likeness (QED) is 0.700. The largest absolute Gasteiger partial charge is 0.352 e. The molecule has 140 valence electrons. The third-order valence-electron chi connectivity index (χ3n) is 5.15. The maximum absolute atomic E-state index is 13.3. The van der Waals surface area contributed by atoms with Crippen molar-refractivity contribution in [1.29, 1.82) is 0 Å². The Balaban J connectivity index is 1.48. The zero-order valence-electron chi connectivity index (χ0n) is 15.0. The van der Waals surface area contributed by atoms with Crippen molar-refractivity contribution in [2.75, 3.05) is 18.0 Å². The Hall–Kier alpha value is -3.03. The number of anilines is 1. The summed E-state index contributed by atoms with van der Waals surface area (Å²) in [6.07, 6.45) is 6.47. The number of halogens is 1. The van der Waals surface area contributed by atoms with Crippen LogP contribution < -0.4 is 16.0 Å². The van der Waals surface area contributed by atoms with Crippen molar-refractivity contribution in [2.45, 2.75) is 19.4 Å². The van der Waals surface area contributed by atoms with Gasteiger partial charge in [0.05, 0.1) is 17.2 Å². The van der Waals surface area contributed by atoms with Gasteiger partial charge in [0.25, 0.3) is 11.1 Å². The summed E-state index contributed by atoms with van der Waals surface area (Å²) in [6.45, 7) is 2.00. The Morgan fingerprint density at radius 1 is 1.15 bits per heavy atom. The number of hydrogen-bond acceptors (Lipinski definition) is 5. The summed E-state index contributed by atoms with van der Waals surface area (Å²) < 4.78 is 16.4. The van der Waals surface area contributed by atoms with Crippen molar-refractivity contribution in [3.8, 4) is 0 Å². The van der Waals surface area contributed by atoms with E-state index in [2.05, 4.69) is 9.97 Å². The Kier molecular flexibility index (Phi) is 4.47. The smallest absolute Gasteiger partial charge is 0.293 e. The number of piperidine rings is 1. The number of benzene rings is 1. The molecule has 0 atom stereocenters. The van der Waals surface area contributed by atoms with E-state index in [1.165, 1.54) is 29.1 Å². The van der Waals surface area contributed by atoms with Gasteiger partial charge in [-0.25, -0.2) is 14.4 Å². The molecule has 27 heavy (non-hydrogen) atoms. The molecule has 0 amide bonds. The molecule has 1 saturated heterocycles. The average molecular weight is 369 g/mol. The molecule has 0 aliphatic carbocycles. The highest BCUT2D eigenvalue weighted by Crippen LogP contribution is 2.21. The predicted octanol–water partition coefficient (Wildman–Crippen LogP) is 1.55. The van der Waals surface area contributed by atoms with Crippen LogP contribution in [-0.4, -0.2) is 32.2 Å². The second-order valence-electron chi connectivity index (χ2n) is 6.96. The van der Waals surface area contributed by atoms with Gasteiger partial charge in [-0.15, -0.1) is 0 Å². The van der Waals surface area contributed by atoms with Crippen LogP contribution in [0.4, 0.5) is 10.2 Å². The molecule has 0 N–H and O–H groups in total. The standard InChI is InChI=1S/C19H20FN5O2/c1-23-9-6-21-17(19(23)27)24-7-4-13(5-8-24)11-25-12-22-16-10-14(20)2-3-15(16)18(25)26/h2-3,6,9-10,12-13H,4-5,7-8,11H2,1H3. The van der Waals surface area contributed by atoms with Crippen LogP contribution in [-0.2, 0) is 13.6 Å². The highest BCUT2D eigenvalue weighted by atomic mass is 19.1. The normalized spacial score (nSPS) is 15.4. The first-order valence-corrected chi connectivity index (χ1v) is 8.94. The van der Waals surface area contributed by atoms with E-state index in [0.717, 1.165) is 25.9 Å². The molecule has 0 unspecified atom stereocenters. The van der Waals surface area contributed by atoms with Crippen molar-refractivity contribution >= 4 is 16.7 Å². The summed E-state index contributed by atoms with van der Waals surface area (Å²) in [5.74, 6) is 0.386. The maximum Gasteiger partial charge on any atom is 0.293 e. The molecule has 7 nitrogen and oxygen atoms in total. The lowest BCUT2D eigenvalue weighted by Crippen LogP contribution is -2.40. The fourth-order valence-corrected chi connectivity index (χ4v) is 3.57. The Morgan fingerprint density at radius 2 is 1.93 bits per heavy atom. The van der Waals surface area contributed by atoms with Crippen LogP contribution >= 0.6 is 0 Å². The van der Waals surface area contributed by atoms with Gasteiger partial charge in [-0.3, -0.25) is 14.2 Å². The molecule has 1 aliphatic rings. The summed E-state index contributed by atoms with van der Waals surface area (Å²) in [5, 5.41) is 0.424. The molecule has 1 aliphatic heterocycles. The molecule has 3 heterocycles. The van der Waals surface area contributed by atoms with E-state index >= 15 is 0 Å². The number of nitrogens with zero attached hydrogens (tertiary/aromatic N) is 5. The first-order valence-electron chi connectivity index (χ1n) is 8.94. The van der Waals surface area contributed by atoms with Gasteiger partial charge in [-0.05, 0) is 30.9 Å². The lowest BCUT2D eigenvalue weighted by molar-refractivity contribution is 0.350. The maximum atomic E-state index is 13.3. The molecule has 4 rings (SSSR count). The second-order valence-corrected chi connectivity index (χ2v) is 6.96. The zero-order chi connectivity index (χ0) is 19.0. The van der Waals surface area contributed by atoms with Gasteiger partial charge in [-0.2, -0.15) is 0 Å². The van der Waals surface area contributed by atoms with Crippen molar-refractivity contribution in [3.05, 3.63) is 63.4 Å². The summed E-state index contributed by atoms with van der Waals surface area (Å²) in [6, 6.07) is 4.03. The fraction of sp³-hybridized carbons (Fsp3) is 0.368. The topological polar surface area (TPSA) is 73.0 Å². The highest BCUT2D eigenvalue weighted by molar-refractivity contribution is 5.77. The zero-order valence-corrected chi connectivity index (χ0v) is 15.0. The van der Waals surface area contributed by atoms with Gasteiger partial charge in [0.2, 0.25) is 0 Å². The van der Waals surface area contributed by atoms with Crippen LogP contribution in [0.15, 0.2) is 46.5 Å². The van der Waals surface area contributed by atoms with Crippen molar-refractivity contribution in [3.63, 3.8) is 0 Å². The monoisotopic (exact) mass is 369 g/mol. The van der Waals surface area contributed by atoms with E-state index in [4.69, 9.17) is 0 Å². The van der Waals surface area contributed by atoms with Gasteiger partial charge in [0, 0.05) is 45.1 Å². The third-order valence-corrected chi connectivity index (χ3v) is 5.15. The first kappa shape index (κ1) is 17.4. The molecule has 3 aromatic rings. The Labute approximate surface area is 154 Å². The van der Waals surface area contributed by atoms with Crippen LogP contribution in [0, 0.1) is 11.7 Å². The summed E-state index contributed by atoms with van der Waals surface area (Å²) in [7, 11) is 1.71. The van der Waals surface area contributed by atoms with E-state index in [1.807, 2.05) is 4.90 Å². The van der Waals surface area contributed by atoms with E-state index in [9.17, 15) is 14.0 Å². The molecule has 1 fully saturated rings. The summed E-state index contributed by atoms with van der Waals surface area (Å²) in [4.78, 5) is 35.3. The Bertz CT molecular complexity index is 1100. The number of fused-ring (bicyclic) bond motifs is 1. The lowest BCUT2D eigenvalue weighted by Gasteiger charge is -2.32. The van der Waals surface area contributed by atoms with E-state index in [0.29, 0.717) is 29.2 Å².